The Morgan fingerprint density at radius 1 is 0.654 bits per heavy atom. The van der Waals surface area contributed by atoms with Crippen molar-refractivity contribution in [3.63, 3.8) is 0 Å². The lowest BCUT2D eigenvalue weighted by Crippen LogP contribution is -2.62. The molecular formula is C36H58N8O8. The van der Waals surface area contributed by atoms with Crippen LogP contribution >= 0.6 is 0 Å². The summed E-state index contributed by atoms with van der Waals surface area (Å²) < 4.78 is 5.24. The van der Waals surface area contributed by atoms with Crippen LogP contribution in [-0.4, -0.2) is 91.3 Å². The molecule has 6 atom stereocenters. The van der Waals surface area contributed by atoms with Crippen molar-refractivity contribution in [2.24, 2.45) is 29.2 Å². The fraction of sp³-hybridized carbons (Fsp3) is 0.639. The van der Waals surface area contributed by atoms with E-state index in [4.69, 9.17) is 16.2 Å². The van der Waals surface area contributed by atoms with Crippen LogP contribution in [0.25, 0.3) is 0 Å². The summed E-state index contributed by atoms with van der Waals surface area (Å²) in [5.41, 5.74) is 11.8. The highest BCUT2D eigenvalue weighted by Crippen LogP contribution is 2.15. The van der Waals surface area contributed by atoms with Crippen molar-refractivity contribution in [1.82, 2.24) is 31.9 Å². The molecule has 1 unspecified atom stereocenters. The van der Waals surface area contributed by atoms with Crippen molar-refractivity contribution in [3.05, 3.63) is 29.8 Å². The molecule has 1 fully saturated rings. The molecule has 2 rings (SSSR count). The van der Waals surface area contributed by atoms with E-state index in [9.17, 15) is 33.6 Å². The normalized spacial score (nSPS) is 24.2. The predicted octanol–water partition coefficient (Wildman–Crippen LogP) is -0.477. The van der Waals surface area contributed by atoms with Crippen LogP contribution in [-0.2, 0) is 40.0 Å². The van der Waals surface area contributed by atoms with Gasteiger partial charge in [0.15, 0.2) is 0 Å². The van der Waals surface area contributed by atoms with Gasteiger partial charge in [-0.1, -0.05) is 53.7 Å². The highest BCUT2D eigenvalue weighted by Gasteiger charge is 2.36. The van der Waals surface area contributed by atoms with Gasteiger partial charge in [-0.2, -0.15) is 0 Å². The summed E-state index contributed by atoms with van der Waals surface area (Å²) in [5.74, 6) is -5.22. The number of carbonyl (C=O) groups excluding carboxylic acids is 7. The Balaban J connectivity index is 2.69. The summed E-state index contributed by atoms with van der Waals surface area (Å²) in [6.07, 6.45) is 0.181. The standard InChI is InChI=1S/C36H58N8O8/c1-19(2)15-25-32(47)41-26(16-20(3)4)35(50)44-30(21(5)6)36(51)43-28(18-29(38)45)34(49)39-24(9-8-14-37)31(46)42-27(33(48)40-25)17-22-10-12-23(52-7)13-11-22/h10-13,19-21,24-28,30H,8-9,14-18,37H2,1-7H3,(H2,38,45)(H,39,49)(H,40,48)(H,41,47)(H,42,46)(H,43,51)(H,44,50)/t24-,25+,26-,27?,28+,30+/m1/s1. The lowest BCUT2D eigenvalue weighted by atomic mass is 9.97. The van der Waals surface area contributed by atoms with Gasteiger partial charge in [0.2, 0.25) is 41.4 Å². The number of nitrogens with two attached hydrogens (primary N) is 2. The lowest BCUT2D eigenvalue weighted by molar-refractivity contribution is -0.137. The van der Waals surface area contributed by atoms with Gasteiger partial charge in [-0.3, -0.25) is 33.6 Å². The number of methoxy groups -OCH3 is 1. The molecule has 52 heavy (non-hydrogen) atoms. The van der Waals surface area contributed by atoms with Crippen molar-refractivity contribution in [3.8, 4) is 5.75 Å². The molecule has 16 nitrogen and oxygen atoms in total. The fourth-order valence-corrected chi connectivity index (χ4v) is 5.75. The van der Waals surface area contributed by atoms with Crippen LogP contribution in [0, 0.1) is 17.8 Å². The Kier molecular flexibility index (Phi) is 17.5. The zero-order valence-corrected chi connectivity index (χ0v) is 31.4. The Hall–Kier alpha value is -4.73. The maximum Gasteiger partial charge on any atom is 0.243 e. The zero-order valence-electron chi connectivity index (χ0n) is 31.4. The third-order valence-corrected chi connectivity index (χ3v) is 8.53. The SMILES string of the molecule is COc1ccc(CC2NC(=O)[C@@H](CCCN)NC(=O)[C@H](CC(N)=O)NC(=O)[C@H](C(C)C)NC(=O)[C@@H](CC(C)C)NC(=O)[C@H](CC(C)C)NC2=O)cc1. The van der Waals surface area contributed by atoms with E-state index in [2.05, 4.69) is 31.9 Å². The summed E-state index contributed by atoms with van der Waals surface area (Å²) in [7, 11) is 1.52. The number of benzene rings is 1. The summed E-state index contributed by atoms with van der Waals surface area (Å²) in [5, 5.41) is 16.1. The predicted molar refractivity (Wildman–Crippen MR) is 194 cm³/mol. The molecule has 0 aliphatic carbocycles. The van der Waals surface area contributed by atoms with Crippen LogP contribution in [0.15, 0.2) is 24.3 Å². The molecule has 0 spiro atoms. The molecule has 10 N–H and O–H groups in total. The molecule has 16 heteroatoms. The van der Waals surface area contributed by atoms with Gasteiger partial charge in [-0.05, 0) is 67.7 Å². The first-order valence-corrected chi connectivity index (χ1v) is 17.9. The van der Waals surface area contributed by atoms with E-state index in [1.807, 2.05) is 27.7 Å². The third-order valence-electron chi connectivity index (χ3n) is 8.53. The molecule has 1 aliphatic heterocycles. The molecule has 1 aliphatic rings. The molecule has 290 valence electrons. The van der Waals surface area contributed by atoms with E-state index in [1.54, 1.807) is 38.1 Å². The van der Waals surface area contributed by atoms with E-state index < -0.39 is 89.9 Å². The summed E-state index contributed by atoms with van der Waals surface area (Å²) in [6, 6.07) is -0.454. The van der Waals surface area contributed by atoms with E-state index in [0.29, 0.717) is 17.7 Å². The topological polar surface area (TPSA) is 253 Å². The summed E-state index contributed by atoms with van der Waals surface area (Å²) in [4.78, 5) is 94.8. The first-order valence-electron chi connectivity index (χ1n) is 17.9. The van der Waals surface area contributed by atoms with E-state index in [-0.39, 0.29) is 44.1 Å². The number of ether oxygens (including phenoxy) is 1. The van der Waals surface area contributed by atoms with Crippen LogP contribution in [0.1, 0.15) is 79.2 Å². The molecule has 0 aromatic heterocycles. The molecule has 1 aromatic carbocycles. The molecule has 0 bridgehead atoms. The number of hydrogen-bond donors (Lipinski definition) is 8. The van der Waals surface area contributed by atoms with Gasteiger partial charge < -0.3 is 48.1 Å². The number of rotatable bonds is 13. The van der Waals surface area contributed by atoms with Gasteiger partial charge in [-0.15, -0.1) is 0 Å². The van der Waals surface area contributed by atoms with Crippen molar-refractivity contribution in [2.75, 3.05) is 13.7 Å². The van der Waals surface area contributed by atoms with E-state index in [0.717, 1.165) is 0 Å². The summed E-state index contributed by atoms with van der Waals surface area (Å²) >= 11 is 0. The Morgan fingerprint density at radius 3 is 1.58 bits per heavy atom. The zero-order chi connectivity index (χ0) is 39.1. The van der Waals surface area contributed by atoms with Gasteiger partial charge in [0.25, 0.3) is 0 Å². The average molecular weight is 731 g/mol. The fourth-order valence-electron chi connectivity index (χ4n) is 5.75. The lowest BCUT2D eigenvalue weighted by Gasteiger charge is -2.30. The van der Waals surface area contributed by atoms with Crippen molar-refractivity contribution in [1.29, 1.82) is 0 Å². The third kappa shape index (κ3) is 14.1. The van der Waals surface area contributed by atoms with Crippen LogP contribution < -0.4 is 48.1 Å². The summed E-state index contributed by atoms with van der Waals surface area (Å²) in [6.45, 7) is 11.0. The minimum atomic E-state index is -1.50. The largest absolute Gasteiger partial charge is 0.497 e. The molecule has 1 aromatic rings. The van der Waals surface area contributed by atoms with E-state index >= 15 is 0 Å². The molecule has 1 heterocycles. The first-order chi connectivity index (χ1) is 24.4. The Labute approximate surface area is 306 Å². The minimum absolute atomic E-state index is 0.00443. The van der Waals surface area contributed by atoms with Crippen LogP contribution in [0.2, 0.25) is 0 Å². The van der Waals surface area contributed by atoms with Crippen LogP contribution in [0.3, 0.4) is 0 Å². The Bertz CT molecular complexity index is 1400. The monoisotopic (exact) mass is 730 g/mol. The van der Waals surface area contributed by atoms with Gasteiger partial charge in [-0.25, -0.2) is 0 Å². The second kappa shape index (κ2) is 21.0. The number of amides is 7. The quantitative estimate of drug-likeness (QED) is 0.130. The molecule has 0 radical (unpaired) electrons. The van der Waals surface area contributed by atoms with Gasteiger partial charge in [0.05, 0.1) is 13.5 Å². The maximum absolute atomic E-state index is 14.0. The molecule has 1 saturated heterocycles. The Morgan fingerprint density at radius 2 is 1.10 bits per heavy atom. The average Bonchev–Trinajstić information content (AvgIpc) is 3.06. The van der Waals surface area contributed by atoms with Crippen molar-refractivity contribution in [2.45, 2.75) is 116 Å². The number of hydrogen-bond acceptors (Lipinski definition) is 9. The van der Waals surface area contributed by atoms with Gasteiger partial charge in [0.1, 0.15) is 42.0 Å². The maximum atomic E-state index is 14.0. The van der Waals surface area contributed by atoms with Crippen molar-refractivity contribution < 1.29 is 38.3 Å². The van der Waals surface area contributed by atoms with Gasteiger partial charge >= 0.3 is 0 Å². The highest BCUT2D eigenvalue weighted by atomic mass is 16.5. The number of primary amides is 1. The van der Waals surface area contributed by atoms with Crippen LogP contribution in [0.4, 0.5) is 0 Å². The van der Waals surface area contributed by atoms with Crippen LogP contribution in [0.5, 0.6) is 5.75 Å². The van der Waals surface area contributed by atoms with Gasteiger partial charge in [0, 0.05) is 6.42 Å². The second-order valence-electron chi connectivity index (χ2n) is 14.4. The highest BCUT2D eigenvalue weighted by molar-refractivity contribution is 5.99. The number of nitrogens with one attached hydrogen (secondary N) is 6. The molecular weight excluding hydrogens is 672 g/mol. The first kappa shape index (κ1) is 43.4. The number of carbonyl (C=O) groups is 7. The molecule has 7 amide bonds. The van der Waals surface area contributed by atoms with Crippen molar-refractivity contribution >= 4 is 41.4 Å². The molecule has 0 saturated carbocycles. The second-order valence-corrected chi connectivity index (χ2v) is 14.4. The minimum Gasteiger partial charge on any atom is -0.497 e. The smallest absolute Gasteiger partial charge is 0.243 e. The van der Waals surface area contributed by atoms with E-state index in [1.165, 1.54) is 7.11 Å².